The molecule has 3 aromatic rings. The van der Waals surface area contributed by atoms with E-state index in [2.05, 4.69) is 15.6 Å². The molecule has 0 saturated carbocycles. The SMILES string of the molecule is COc1ccc2[nH]c(C(=O)NCCc3ccc(C[C@H]4SC(=O)NC4=O)cc3)cc2c1. The van der Waals surface area contributed by atoms with Gasteiger partial charge in [0, 0.05) is 17.4 Å². The Hall–Kier alpha value is -3.26. The summed E-state index contributed by atoms with van der Waals surface area (Å²) in [5, 5.41) is 5.50. The highest BCUT2D eigenvalue weighted by Gasteiger charge is 2.31. The molecule has 3 N–H and O–H groups in total. The predicted molar refractivity (Wildman–Crippen MR) is 116 cm³/mol. The number of fused-ring (bicyclic) bond motifs is 1. The van der Waals surface area contributed by atoms with Gasteiger partial charge in [-0.2, -0.15) is 0 Å². The highest BCUT2D eigenvalue weighted by molar-refractivity contribution is 8.15. The lowest BCUT2D eigenvalue weighted by atomic mass is 10.1. The molecule has 0 bridgehead atoms. The van der Waals surface area contributed by atoms with Crippen LogP contribution >= 0.6 is 11.8 Å². The van der Waals surface area contributed by atoms with Gasteiger partial charge in [-0.3, -0.25) is 19.7 Å². The van der Waals surface area contributed by atoms with Crippen molar-refractivity contribution in [1.82, 2.24) is 15.6 Å². The molecule has 1 aliphatic heterocycles. The Kier molecular flexibility index (Phi) is 5.76. The van der Waals surface area contributed by atoms with Crippen molar-refractivity contribution in [2.45, 2.75) is 18.1 Å². The predicted octanol–water partition coefficient (Wildman–Crippen LogP) is 3.04. The molecular formula is C22H21N3O4S. The molecule has 1 aliphatic rings. The molecule has 7 nitrogen and oxygen atoms in total. The van der Waals surface area contributed by atoms with Gasteiger partial charge in [0.15, 0.2) is 0 Å². The summed E-state index contributed by atoms with van der Waals surface area (Å²) < 4.78 is 5.21. The van der Waals surface area contributed by atoms with Crippen molar-refractivity contribution in [3.63, 3.8) is 0 Å². The maximum Gasteiger partial charge on any atom is 0.286 e. The normalized spacial score (nSPS) is 16.0. The Labute approximate surface area is 177 Å². The molecule has 1 saturated heterocycles. The van der Waals surface area contributed by atoms with Gasteiger partial charge in [0.05, 0.1) is 12.4 Å². The lowest BCUT2D eigenvalue weighted by Gasteiger charge is -2.07. The highest BCUT2D eigenvalue weighted by atomic mass is 32.2. The number of ether oxygens (including phenoxy) is 1. The Morgan fingerprint density at radius 1 is 1.10 bits per heavy atom. The topological polar surface area (TPSA) is 100 Å². The van der Waals surface area contributed by atoms with E-state index in [9.17, 15) is 14.4 Å². The van der Waals surface area contributed by atoms with Crippen molar-refractivity contribution in [2.75, 3.05) is 13.7 Å². The molecule has 2 heterocycles. The summed E-state index contributed by atoms with van der Waals surface area (Å²) in [6.07, 6.45) is 1.21. The molecule has 0 aliphatic carbocycles. The lowest BCUT2D eigenvalue weighted by Crippen LogP contribution is -2.26. The molecule has 154 valence electrons. The van der Waals surface area contributed by atoms with Crippen LogP contribution < -0.4 is 15.4 Å². The number of carbonyl (C=O) groups excluding carboxylic acids is 3. The molecule has 1 fully saturated rings. The average molecular weight is 423 g/mol. The van der Waals surface area contributed by atoms with Crippen LogP contribution in [0.3, 0.4) is 0 Å². The average Bonchev–Trinajstić information content (AvgIpc) is 3.31. The number of nitrogens with one attached hydrogen (secondary N) is 3. The van der Waals surface area contributed by atoms with Gasteiger partial charge in [0.1, 0.15) is 11.4 Å². The third-order valence-electron chi connectivity index (χ3n) is 4.98. The van der Waals surface area contributed by atoms with Crippen LogP contribution in [0, 0.1) is 0 Å². The van der Waals surface area contributed by atoms with Crippen LogP contribution in [0.2, 0.25) is 0 Å². The number of methoxy groups -OCH3 is 1. The van der Waals surface area contributed by atoms with E-state index in [1.165, 1.54) is 0 Å². The van der Waals surface area contributed by atoms with Gasteiger partial charge in [-0.05, 0) is 48.2 Å². The monoisotopic (exact) mass is 423 g/mol. The van der Waals surface area contributed by atoms with Gasteiger partial charge >= 0.3 is 0 Å². The van der Waals surface area contributed by atoms with Crippen LogP contribution in [-0.4, -0.2) is 40.9 Å². The van der Waals surface area contributed by atoms with Crippen molar-refractivity contribution in [3.05, 3.63) is 65.4 Å². The molecule has 2 aromatic carbocycles. The number of imide groups is 1. The second-order valence-corrected chi connectivity index (χ2v) is 8.22. The quantitative estimate of drug-likeness (QED) is 0.542. The van der Waals surface area contributed by atoms with E-state index in [-0.39, 0.29) is 22.3 Å². The number of thioether (sulfide) groups is 1. The smallest absolute Gasteiger partial charge is 0.286 e. The van der Waals surface area contributed by atoms with Crippen LogP contribution in [0.5, 0.6) is 5.75 Å². The van der Waals surface area contributed by atoms with Gasteiger partial charge in [-0.25, -0.2) is 0 Å². The third kappa shape index (κ3) is 4.49. The van der Waals surface area contributed by atoms with E-state index in [1.54, 1.807) is 7.11 Å². The molecule has 3 amide bonds. The highest BCUT2D eigenvalue weighted by Crippen LogP contribution is 2.23. The number of benzene rings is 2. The first-order valence-electron chi connectivity index (χ1n) is 9.56. The van der Waals surface area contributed by atoms with E-state index < -0.39 is 0 Å². The summed E-state index contributed by atoms with van der Waals surface area (Å²) in [7, 11) is 1.61. The molecule has 8 heteroatoms. The minimum Gasteiger partial charge on any atom is -0.497 e. The minimum atomic E-state index is -0.362. The van der Waals surface area contributed by atoms with E-state index in [0.717, 1.165) is 39.5 Å². The first kappa shape index (κ1) is 20.0. The number of aromatic nitrogens is 1. The molecule has 1 atom stereocenters. The van der Waals surface area contributed by atoms with Crippen LogP contribution in [0.4, 0.5) is 4.79 Å². The fourth-order valence-corrected chi connectivity index (χ4v) is 4.22. The van der Waals surface area contributed by atoms with Gasteiger partial charge in [0.25, 0.3) is 11.1 Å². The zero-order valence-electron chi connectivity index (χ0n) is 16.4. The number of H-pyrrole nitrogens is 1. The first-order valence-corrected chi connectivity index (χ1v) is 10.4. The van der Waals surface area contributed by atoms with E-state index >= 15 is 0 Å². The van der Waals surface area contributed by atoms with Crippen molar-refractivity contribution in [3.8, 4) is 5.75 Å². The van der Waals surface area contributed by atoms with Gasteiger partial charge in [-0.15, -0.1) is 0 Å². The van der Waals surface area contributed by atoms with Crippen molar-refractivity contribution < 1.29 is 19.1 Å². The van der Waals surface area contributed by atoms with Crippen molar-refractivity contribution >= 4 is 39.7 Å². The van der Waals surface area contributed by atoms with E-state index in [0.29, 0.717) is 25.1 Å². The third-order valence-corrected chi connectivity index (χ3v) is 5.96. The summed E-state index contributed by atoms with van der Waals surface area (Å²) in [4.78, 5) is 38.5. The fourth-order valence-electron chi connectivity index (χ4n) is 3.36. The summed E-state index contributed by atoms with van der Waals surface area (Å²) in [5.74, 6) is 0.360. The minimum absolute atomic E-state index is 0.157. The number of aromatic amines is 1. The number of hydrogen-bond acceptors (Lipinski definition) is 5. The summed E-state index contributed by atoms with van der Waals surface area (Å²) >= 11 is 1.03. The largest absolute Gasteiger partial charge is 0.497 e. The Morgan fingerprint density at radius 3 is 2.57 bits per heavy atom. The molecular weight excluding hydrogens is 402 g/mol. The maximum atomic E-state index is 12.4. The number of rotatable bonds is 7. The van der Waals surface area contributed by atoms with E-state index in [1.807, 2.05) is 48.5 Å². The standard InChI is InChI=1S/C22H21N3O4S/c1-29-16-6-7-17-15(11-16)12-18(24-17)20(26)23-9-8-13-2-4-14(5-3-13)10-19-21(27)25-22(28)30-19/h2-7,11-12,19,24H,8-10H2,1H3,(H,23,26)(H,25,27,28)/t19-/m1/s1. The second kappa shape index (κ2) is 8.62. The number of amides is 3. The van der Waals surface area contributed by atoms with Crippen LogP contribution in [0.25, 0.3) is 10.9 Å². The second-order valence-electron chi connectivity index (χ2n) is 7.05. The van der Waals surface area contributed by atoms with Gasteiger partial charge in [-0.1, -0.05) is 36.0 Å². The van der Waals surface area contributed by atoms with Gasteiger partial charge in [0.2, 0.25) is 5.91 Å². The van der Waals surface area contributed by atoms with Crippen molar-refractivity contribution in [2.24, 2.45) is 0 Å². The van der Waals surface area contributed by atoms with Crippen LogP contribution in [0.15, 0.2) is 48.5 Å². The Balaban J connectivity index is 1.29. The van der Waals surface area contributed by atoms with Crippen LogP contribution in [0.1, 0.15) is 21.6 Å². The van der Waals surface area contributed by atoms with Gasteiger partial charge < -0.3 is 15.0 Å². The summed E-state index contributed by atoms with van der Waals surface area (Å²) in [6.45, 7) is 0.506. The Morgan fingerprint density at radius 2 is 1.87 bits per heavy atom. The summed E-state index contributed by atoms with van der Waals surface area (Å²) in [5.41, 5.74) is 3.47. The van der Waals surface area contributed by atoms with E-state index in [4.69, 9.17) is 4.74 Å². The first-order chi connectivity index (χ1) is 14.5. The lowest BCUT2D eigenvalue weighted by molar-refractivity contribution is -0.118. The van der Waals surface area contributed by atoms with Crippen LogP contribution in [-0.2, 0) is 17.6 Å². The Bertz CT molecular complexity index is 1110. The molecule has 0 unspecified atom stereocenters. The maximum absolute atomic E-state index is 12.4. The fraction of sp³-hybridized carbons (Fsp3) is 0.227. The molecule has 1 aromatic heterocycles. The molecule has 30 heavy (non-hydrogen) atoms. The number of carbonyl (C=O) groups is 3. The molecule has 4 rings (SSSR count). The molecule has 0 spiro atoms. The number of hydrogen-bond donors (Lipinski definition) is 3. The zero-order valence-corrected chi connectivity index (χ0v) is 17.2. The molecule has 0 radical (unpaired) electrons. The zero-order chi connectivity index (χ0) is 21.1. The van der Waals surface area contributed by atoms with Crippen molar-refractivity contribution in [1.29, 1.82) is 0 Å². The summed E-state index contributed by atoms with van der Waals surface area (Å²) in [6, 6.07) is 15.3.